The highest BCUT2D eigenvalue weighted by atomic mass is 79.9. The summed E-state index contributed by atoms with van der Waals surface area (Å²) >= 11 is 3.14. The maximum Gasteiger partial charge on any atom is 0.411 e. The van der Waals surface area contributed by atoms with Crippen molar-refractivity contribution in [3.63, 3.8) is 0 Å². The SMILES string of the molecule is CC(C)(C)OC(=O)N1C[C@@H](NC(=O)OCc2ccccc2)CC[C@@H]1c1nnc(Br)o1. The van der Waals surface area contributed by atoms with Crippen molar-refractivity contribution in [2.24, 2.45) is 0 Å². The van der Waals surface area contributed by atoms with Gasteiger partial charge in [0.2, 0.25) is 5.89 Å². The molecule has 0 spiro atoms. The van der Waals surface area contributed by atoms with Crippen LogP contribution in [-0.2, 0) is 16.1 Å². The third kappa shape index (κ3) is 6.19. The van der Waals surface area contributed by atoms with E-state index in [1.54, 1.807) is 20.8 Å². The Labute approximate surface area is 183 Å². The zero-order valence-electron chi connectivity index (χ0n) is 17.1. The molecule has 2 heterocycles. The number of alkyl carbamates (subject to hydrolysis) is 1. The summed E-state index contributed by atoms with van der Waals surface area (Å²) in [6, 6.07) is 8.70. The molecule has 2 atom stereocenters. The lowest BCUT2D eigenvalue weighted by Crippen LogP contribution is -2.52. The normalized spacial score (nSPS) is 19.3. The van der Waals surface area contributed by atoms with E-state index < -0.39 is 23.8 Å². The maximum absolute atomic E-state index is 12.8. The topological polar surface area (TPSA) is 107 Å². The van der Waals surface area contributed by atoms with Gasteiger partial charge in [-0.25, -0.2) is 9.59 Å². The summed E-state index contributed by atoms with van der Waals surface area (Å²) in [5.41, 5.74) is 0.236. The number of aromatic nitrogens is 2. The first-order chi connectivity index (χ1) is 14.2. The molecule has 2 amide bonds. The maximum atomic E-state index is 12.8. The van der Waals surface area contributed by atoms with Crippen molar-refractivity contribution in [1.29, 1.82) is 0 Å². The van der Waals surface area contributed by atoms with Gasteiger partial charge < -0.3 is 19.2 Å². The van der Waals surface area contributed by atoms with Crippen LogP contribution in [0.2, 0.25) is 0 Å². The third-order valence-corrected chi connectivity index (χ3v) is 4.77. The number of carbonyl (C=O) groups excluding carboxylic acids is 2. The van der Waals surface area contributed by atoms with Gasteiger partial charge in [0, 0.05) is 22.5 Å². The minimum Gasteiger partial charge on any atom is -0.445 e. The van der Waals surface area contributed by atoms with E-state index in [0.29, 0.717) is 18.7 Å². The van der Waals surface area contributed by atoms with E-state index in [2.05, 4.69) is 31.4 Å². The second kappa shape index (κ2) is 9.46. The predicted molar refractivity (Wildman–Crippen MR) is 110 cm³/mol. The standard InChI is InChI=1S/C20H25BrN4O5/c1-20(2,3)30-19(27)25-11-14(9-10-15(25)16-23-24-17(21)29-16)22-18(26)28-12-13-7-5-4-6-8-13/h4-8,14-15H,9-12H2,1-3H3,(H,22,26)/t14-,15+/m0/s1. The van der Waals surface area contributed by atoms with E-state index in [4.69, 9.17) is 13.9 Å². The molecule has 0 saturated carbocycles. The second-order valence-corrected chi connectivity index (χ2v) is 8.70. The number of nitrogens with zero attached hydrogens (tertiary/aromatic N) is 3. The van der Waals surface area contributed by atoms with Crippen LogP contribution in [0.15, 0.2) is 39.5 Å². The number of amides is 2. The molecule has 3 rings (SSSR count). The summed E-state index contributed by atoms with van der Waals surface area (Å²) in [7, 11) is 0. The van der Waals surface area contributed by atoms with Gasteiger partial charge >= 0.3 is 12.2 Å². The van der Waals surface area contributed by atoms with Crippen molar-refractivity contribution >= 4 is 28.1 Å². The molecule has 162 valence electrons. The fourth-order valence-corrected chi connectivity index (χ4v) is 3.39. The van der Waals surface area contributed by atoms with E-state index in [9.17, 15) is 9.59 Å². The lowest BCUT2D eigenvalue weighted by Gasteiger charge is -2.38. The summed E-state index contributed by atoms with van der Waals surface area (Å²) in [5.74, 6) is 0.317. The molecule has 1 aromatic carbocycles. The van der Waals surface area contributed by atoms with Gasteiger partial charge in [0.1, 0.15) is 18.2 Å². The van der Waals surface area contributed by atoms with Crippen LogP contribution >= 0.6 is 15.9 Å². The average Bonchev–Trinajstić information content (AvgIpc) is 3.12. The molecule has 0 radical (unpaired) electrons. The molecule has 0 aliphatic carbocycles. The molecule has 1 aliphatic rings. The van der Waals surface area contributed by atoms with Crippen LogP contribution < -0.4 is 5.32 Å². The van der Waals surface area contributed by atoms with Gasteiger partial charge in [-0.05, 0) is 39.2 Å². The van der Waals surface area contributed by atoms with Crippen LogP contribution in [0.5, 0.6) is 0 Å². The molecule has 1 aromatic heterocycles. The Balaban J connectivity index is 1.63. The molecule has 1 N–H and O–H groups in total. The zero-order valence-corrected chi connectivity index (χ0v) is 18.7. The Kier molecular flexibility index (Phi) is 6.96. The Morgan fingerprint density at radius 1 is 1.23 bits per heavy atom. The molecule has 0 unspecified atom stereocenters. The van der Waals surface area contributed by atoms with Gasteiger partial charge in [0.15, 0.2) is 0 Å². The summed E-state index contributed by atoms with van der Waals surface area (Å²) in [5, 5.41) is 10.6. The molecular weight excluding hydrogens is 456 g/mol. The summed E-state index contributed by atoms with van der Waals surface area (Å²) in [6.07, 6.45) is 0.0972. The number of benzene rings is 1. The van der Waals surface area contributed by atoms with Gasteiger partial charge in [-0.15, -0.1) is 10.2 Å². The zero-order chi connectivity index (χ0) is 21.7. The molecule has 9 nitrogen and oxygen atoms in total. The molecule has 0 bridgehead atoms. The van der Waals surface area contributed by atoms with Crippen molar-refractivity contribution in [3.8, 4) is 0 Å². The van der Waals surface area contributed by atoms with E-state index in [1.165, 1.54) is 4.90 Å². The van der Waals surface area contributed by atoms with Gasteiger partial charge in [0.25, 0.3) is 4.80 Å². The van der Waals surface area contributed by atoms with Crippen LogP contribution in [0.25, 0.3) is 0 Å². The number of hydrogen-bond donors (Lipinski definition) is 1. The van der Waals surface area contributed by atoms with Crippen molar-refractivity contribution < 1.29 is 23.5 Å². The summed E-state index contributed by atoms with van der Waals surface area (Å²) in [6.45, 7) is 5.80. The van der Waals surface area contributed by atoms with Crippen LogP contribution in [0.4, 0.5) is 9.59 Å². The van der Waals surface area contributed by atoms with Crippen LogP contribution in [-0.4, -0.2) is 45.5 Å². The number of halogens is 1. The Morgan fingerprint density at radius 2 is 1.97 bits per heavy atom. The Morgan fingerprint density at radius 3 is 2.60 bits per heavy atom. The largest absolute Gasteiger partial charge is 0.445 e. The smallest absolute Gasteiger partial charge is 0.411 e. The number of likely N-dealkylation sites (tertiary alicyclic amines) is 1. The molecule has 10 heteroatoms. The van der Waals surface area contributed by atoms with Crippen molar-refractivity contribution in [1.82, 2.24) is 20.4 Å². The quantitative estimate of drug-likeness (QED) is 0.698. The van der Waals surface area contributed by atoms with Crippen LogP contribution in [0.3, 0.4) is 0 Å². The highest BCUT2D eigenvalue weighted by Gasteiger charge is 2.38. The third-order valence-electron chi connectivity index (χ3n) is 4.45. The fourth-order valence-electron chi connectivity index (χ4n) is 3.15. The molecular formula is C20H25BrN4O5. The van der Waals surface area contributed by atoms with Crippen LogP contribution in [0, 0.1) is 0 Å². The Hall–Kier alpha value is -2.62. The molecule has 30 heavy (non-hydrogen) atoms. The first-order valence-corrected chi connectivity index (χ1v) is 10.5. The number of rotatable bonds is 4. The average molecular weight is 481 g/mol. The highest BCUT2D eigenvalue weighted by Crippen LogP contribution is 2.32. The van der Waals surface area contributed by atoms with Gasteiger partial charge in [-0.3, -0.25) is 4.90 Å². The second-order valence-electron chi connectivity index (χ2n) is 8.02. The lowest BCUT2D eigenvalue weighted by molar-refractivity contribution is 0.00144. The van der Waals surface area contributed by atoms with E-state index in [-0.39, 0.29) is 24.0 Å². The first kappa shape index (κ1) is 22.1. The van der Waals surface area contributed by atoms with Crippen molar-refractivity contribution in [2.75, 3.05) is 6.54 Å². The molecule has 1 fully saturated rings. The van der Waals surface area contributed by atoms with E-state index >= 15 is 0 Å². The fraction of sp³-hybridized carbons (Fsp3) is 0.500. The lowest BCUT2D eigenvalue weighted by atomic mass is 9.98. The van der Waals surface area contributed by atoms with E-state index in [1.807, 2.05) is 30.3 Å². The molecule has 1 aliphatic heterocycles. The summed E-state index contributed by atoms with van der Waals surface area (Å²) in [4.78, 5) is 26.8. The number of ether oxygens (including phenoxy) is 2. The molecule has 1 saturated heterocycles. The predicted octanol–water partition coefficient (Wildman–Crippen LogP) is 4.20. The number of piperidine rings is 1. The highest BCUT2D eigenvalue weighted by molar-refractivity contribution is 9.10. The number of nitrogens with one attached hydrogen (secondary N) is 1. The minimum atomic E-state index is -0.661. The Bertz CT molecular complexity index is 868. The van der Waals surface area contributed by atoms with Crippen molar-refractivity contribution in [3.05, 3.63) is 46.6 Å². The monoisotopic (exact) mass is 480 g/mol. The number of hydrogen-bond acceptors (Lipinski definition) is 7. The molecule has 2 aromatic rings. The first-order valence-electron chi connectivity index (χ1n) is 9.67. The van der Waals surface area contributed by atoms with E-state index in [0.717, 1.165) is 5.56 Å². The summed E-state index contributed by atoms with van der Waals surface area (Å²) < 4.78 is 16.3. The van der Waals surface area contributed by atoms with Crippen LogP contribution in [0.1, 0.15) is 51.1 Å². The van der Waals surface area contributed by atoms with Gasteiger partial charge in [0.05, 0.1) is 6.04 Å². The van der Waals surface area contributed by atoms with Crippen molar-refractivity contribution in [2.45, 2.75) is 57.9 Å². The number of carbonyl (C=O) groups is 2. The van der Waals surface area contributed by atoms with Gasteiger partial charge in [-0.2, -0.15) is 0 Å². The van der Waals surface area contributed by atoms with Gasteiger partial charge in [-0.1, -0.05) is 30.3 Å². The minimum absolute atomic E-state index is 0.174.